The molecule has 2 heterocycles. The first kappa shape index (κ1) is 15.3. The minimum Gasteiger partial charge on any atom is -0.456 e. The zero-order valence-electron chi connectivity index (χ0n) is 13.9. The Bertz CT molecular complexity index is 741. The number of benzene rings is 1. The van der Waals surface area contributed by atoms with Crippen LogP contribution in [0.5, 0.6) is 0 Å². The van der Waals surface area contributed by atoms with Crippen molar-refractivity contribution in [1.82, 2.24) is 15.0 Å². The van der Waals surface area contributed by atoms with Gasteiger partial charge in [-0.05, 0) is 12.0 Å². The lowest BCUT2D eigenvalue weighted by atomic mass is 9.59. The second-order valence-electron chi connectivity index (χ2n) is 7.18. The maximum atomic E-state index is 12.4. The molecule has 2 fully saturated rings. The van der Waals surface area contributed by atoms with Crippen LogP contribution in [-0.4, -0.2) is 39.8 Å². The number of aromatic nitrogens is 3. The zero-order valence-corrected chi connectivity index (χ0v) is 13.9. The first-order chi connectivity index (χ1) is 11.6. The zero-order chi connectivity index (χ0) is 16.7. The van der Waals surface area contributed by atoms with Gasteiger partial charge in [0, 0.05) is 17.9 Å². The molecule has 126 valence electrons. The van der Waals surface area contributed by atoms with Crippen LogP contribution in [0.25, 0.3) is 0 Å². The Morgan fingerprint density at radius 1 is 1.38 bits per heavy atom. The third-order valence-electron chi connectivity index (χ3n) is 5.16. The largest absolute Gasteiger partial charge is 0.456 e. The number of hydrogen-bond acceptors (Lipinski definition) is 5. The highest BCUT2D eigenvalue weighted by Gasteiger charge is 2.61. The SMILES string of the molecule is CC1(C)C2OCCC2C1OC(=O)c1cn(Cc2ccccc2)nn1. The number of ether oxygens (including phenoxy) is 2. The molecule has 24 heavy (non-hydrogen) atoms. The highest BCUT2D eigenvalue weighted by Crippen LogP contribution is 2.53. The van der Waals surface area contributed by atoms with Crippen molar-refractivity contribution in [3.05, 3.63) is 47.8 Å². The summed E-state index contributed by atoms with van der Waals surface area (Å²) < 4.78 is 13.1. The van der Waals surface area contributed by atoms with Gasteiger partial charge in [-0.15, -0.1) is 5.10 Å². The van der Waals surface area contributed by atoms with Gasteiger partial charge >= 0.3 is 5.97 Å². The smallest absolute Gasteiger partial charge is 0.360 e. The van der Waals surface area contributed by atoms with Gasteiger partial charge in [0.15, 0.2) is 5.69 Å². The Balaban J connectivity index is 1.42. The van der Waals surface area contributed by atoms with Gasteiger partial charge in [0.2, 0.25) is 0 Å². The molecule has 1 aliphatic carbocycles. The lowest BCUT2D eigenvalue weighted by Crippen LogP contribution is -2.61. The van der Waals surface area contributed by atoms with Crippen molar-refractivity contribution in [2.75, 3.05) is 6.61 Å². The van der Waals surface area contributed by atoms with Crippen molar-refractivity contribution in [2.45, 2.75) is 39.0 Å². The van der Waals surface area contributed by atoms with Crippen LogP contribution in [-0.2, 0) is 16.0 Å². The number of carbonyl (C=O) groups excluding carboxylic acids is 1. The number of carbonyl (C=O) groups is 1. The van der Waals surface area contributed by atoms with Gasteiger partial charge in [-0.3, -0.25) is 0 Å². The van der Waals surface area contributed by atoms with Gasteiger partial charge in [0.25, 0.3) is 0 Å². The van der Waals surface area contributed by atoms with Gasteiger partial charge in [-0.1, -0.05) is 49.4 Å². The standard InChI is InChI=1S/C18H21N3O3/c1-18(2)15-13(8-9-23-15)16(18)24-17(22)14-11-21(20-19-14)10-12-6-4-3-5-7-12/h3-7,11,13,15-16H,8-10H2,1-2H3. The first-order valence-corrected chi connectivity index (χ1v) is 8.32. The van der Waals surface area contributed by atoms with Crippen LogP contribution < -0.4 is 0 Å². The molecule has 0 spiro atoms. The Morgan fingerprint density at radius 3 is 2.96 bits per heavy atom. The topological polar surface area (TPSA) is 66.2 Å². The molecule has 0 bridgehead atoms. The van der Waals surface area contributed by atoms with Crippen LogP contribution in [0.3, 0.4) is 0 Å². The van der Waals surface area contributed by atoms with E-state index < -0.39 is 5.97 Å². The predicted molar refractivity (Wildman–Crippen MR) is 86.4 cm³/mol. The molecule has 2 aliphatic rings. The number of hydrogen-bond donors (Lipinski definition) is 0. The Hall–Kier alpha value is -2.21. The minimum absolute atomic E-state index is 0.114. The maximum absolute atomic E-state index is 12.4. The van der Waals surface area contributed by atoms with E-state index in [9.17, 15) is 4.79 Å². The second kappa shape index (κ2) is 5.70. The molecular weight excluding hydrogens is 306 g/mol. The molecule has 0 amide bonds. The molecule has 1 aliphatic heterocycles. The molecule has 0 N–H and O–H groups in total. The molecule has 1 aromatic heterocycles. The van der Waals surface area contributed by atoms with E-state index >= 15 is 0 Å². The molecular formula is C18H21N3O3. The summed E-state index contributed by atoms with van der Waals surface area (Å²) in [6.07, 6.45) is 2.68. The van der Waals surface area contributed by atoms with Crippen molar-refractivity contribution in [1.29, 1.82) is 0 Å². The van der Waals surface area contributed by atoms with Crippen molar-refractivity contribution in [2.24, 2.45) is 11.3 Å². The lowest BCUT2D eigenvalue weighted by molar-refractivity contribution is -0.183. The first-order valence-electron chi connectivity index (χ1n) is 8.32. The fourth-order valence-electron chi connectivity index (χ4n) is 3.93. The number of fused-ring (bicyclic) bond motifs is 1. The molecule has 2 aromatic rings. The van der Waals surface area contributed by atoms with E-state index in [1.807, 2.05) is 30.3 Å². The summed E-state index contributed by atoms with van der Waals surface area (Å²) in [4.78, 5) is 12.4. The van der Waals surface area contributed by atoms with Crippen LogP contribution in [0.1, 0.15) is 36.3 Å². The summed E-state index contributed by atoms with van der Waals surface area (Å²) in [7, 11) is 0. The number of nitrogens with zero attached hydrogens (tertiary/aromatic N) is 3. The van der Waals surface area contributed by atoms with Crippen LogP contribution in [0, 0.1) is 11.3 Å². The average Bonchev–Trinajstić information content (AvgIpc) is 3.21. The molecule has 1 aromatic carbocycles. The fraction of sp³-hybridized carbons (Fsp3) is 0.500. The molecule has 4 rings (SSSR count). The summed E-state index contributed by atoms with van der Waals surface area (Å²) in [5, 5.41) is 7.99. The Kier molecular flexibility index (Phi) is 3.64. The van der Waals surface area contributed by atoms with Gasteiger partial charge in [0.05, 0.1) is 18.8 Å². The van der Waals surface area contributed by atoms with E-state index in [1.165, 1.54) is 0 Å². The van der Waals surface area contributed by atoms with E-state index in [2.05, 4.69) is 24.2 Å². The number of esters is 1. The third kappa shape index (κ3) is 2.51. The molecule has 6 heteroatoms. The van der Waals surface area contributed by atoms with Gasteiger partial charge in [-0.2, -0.15) is 0 Å². The van der Waals surface area contributed by atoms with E-state index in [0.29, 0.717) is 12.5 Å². The van der Waals surface area contributed by atoms with Gasteiger partial charge in [0.1, 0.15) is 6.10 Å². The molecule has 1 saturated heterocycles. The molecule has 1 saturated carbocycles. The minimum atomic E-state index is -0.405. The summed E-state index contributed by atoms with van der Waals surface area (Å²) >= 11 is 0. The normalized spacial score (nSPS) is 27.3. The molecule has 6 nitrogen and oxygen atoms in total. The predicted octanol–water partition coefficient (Wildman–Crippen LogP) is 2.30. The Morgan fingerprint density at radius 2 is 2.17 bits per heavy atom. The third-order valence-corrected chi connectivity index (χ3v) is 5.16. The Labute approximate surface area is 140 Å². The summed E-state index contributed by atoms with van der Waals surface area (Å²) in [5.41, 5.74) is 1.22. The van der Waals surface area contributed by atoms with Crippen LogP contribution in [0.2, 0.25) is 0 Å². The van der Waals surface area contributed by atoms with Crippen molar-refractivity contribution in [3.63, 3.8) is 0 Å². The monoisotopic (exact) mass is 327 g/mol. The molecule has 3 atom stereocenters. The van der Waals surface area contributed by atoms with Crippen molar-refractivity contribution >= 4 is 5.97 Å². The average molecular weight is 327 g/mol. The fourth-order valence-corrected chi connectivity index (χ4v) is 3.93. The van der Waals surface area contributed by atoms with Crippen molar-refractivity contribution < 1.29 is 14.3 Å². The van der Waals surface area contributed by atoms with Crippen molar-refractivity contribution in [3.8, 4) is 0 Å². The van der Waals surface area contributed by atoms with Crippen LogP contribution in [0.15, 0.2) is 36.5 Å². The summed E-state index contributed by atoms with van der Waals surface area (Å²) in [6.45, 7) is 5.50. The summed E-state index contributed by atoms with van der Waals surface area (Å²) in [5.74, 6) is -0.0962. The van der Waals surface area contributed by atoms with Gasteiger partial charge in [-0.25, -0.2) is 9.48 Å². The van der Waals surface area contributed by atoms with E-state index in [4.69, 9.17) is 9.47 Å². The highest BCUT2D eigenvalue weighted by molar-refractivity contribution is 5.87. The number of rotatable bonds is 4. The maximum Gasteiger partial charge on any atom is 0.360 e. The van der Waals surface area contributed by atoms with E-state index in [-0.39, 0.29) is 23.3 Å². The van der Waals surface area contributed by atoms with Gasteiger partial charge < -0.3 is 9.47 Å². The van der Waals surface area contributed by atoms with Crippen LogP contribution in [0.4, 0.5) is 0 Å². The summed E-state index contributed by atoms with van der Waals surface area (Å²) in [6, 6.07) is 9.93. The lowest BCUT2D eigenvalue weighted by Gasteiger charge is -2.52. The highest BCUT2D eigenvalue weighted by atomic mass is 16.6. The van der Waals surface area contributed by atoms with E-state index in [1.54, 1.807) is 10.9 Å². The quantitative estimate of drug-likeness (QED) is 0.806. The molecule has 3 unspecified atom stereocenters. The molecule has 0 radical (unpaired) electrons. The second-order valence-corrected chi connectivity index (χ2v) is 7.18. The van der Waals surface area contributed by atoms with E-state index in [0.717, 1.165) is 18.6 Å². The van der Waals surface area contributed by atoms with Crippen LogP contribution >= 0.6 is 0 Å².